The van der Waals surface area contributed by atoms with Crippen LogP contribution < -0.4 is 14.2 Å². The first kappa shape index (κ1) is 22.4. The summed E-state index contributed by atoms with van der Waals surface area (Å²) in [7, 11) is 1.52. The molecule has 0 N–H and O–H groups in total. The third-order valence-corrected chi connectivity index (χ3v) is 5.10. The van der Waals surface area contributed by atoms with E-state index in [-0.39, 0.29) is 18.2 Å². The van der Waals surface area contributed by atoms with Gasteiger partial charge in [-0.2, -0.15) is 0 Å². The van der Waals surface area contributed by atoms with Crippen molar-refractivity contribution in [3.63, 3.8) is 0 Å². The van der Waals surface area contributed by atoms with Crippen LogP contribution in [0.4, 0.5) is 0 Å². The van der Waals surface area contributed by atoms with Crippen molar-refractivity contribution in [2.45, 2.75) is 6.92 Å². The number of nitrogens with zero attached hydrogens (tertiary/aromatic N) is 1. The quantitative estimate of drug-likeness (QED) is 0.252. The van der Waals surface area contributed by atoms with Gasteiger partial charge in [0.05, 0.1) is 12.1 Å². The maximum absolute atomic E-state index is 12.3. The number of halogens is 1. The van der Waals surface area contributed by atoms with Crippen LogP contribution in [-0.4, -0.2) is 32.2 Å². The summed E-state index contributed by atoms with van der Waals surface area (Å²) in [6, 6.07) is 20.4. The minimum absolute atomic E-state index is 0.173. The normalized spacial score (nSPS) is 14.1. The number of hydrogen-bond donors (Lipinski definition) is 0. The van der Waals surface area contributed by atoms with Gasteiger partial charge in [-0.05, 0) is 55.0 Å². The number of hydrogen-bond acceptors (Lipinski definition) is 6. The van der Waals surface area contributed by atoms with E-state index in [9.17, 15) is 4.79 Å². The highest BCUT2D eigenvalue weighted by atomic mass is 35.5. The molecule has 0 aliphatic carbocycles. The van der Waals surface area contributed by atoms with Crippen LogP contribution in [0.25, 0.3) is 6.08 Å². The summed E-state index contributed by atoms with van der Waals surface area (Å²) in [5.74, 6) is 1.33. The monoisotopic (exact) mass is 463 g/mol. The molecule has 1 heterocycles. The molecule has 4 rings (SSSR count). The van der Waals surface area contributed by atoms with Crippen LogP contribution in [0.15, 0.2) is 77.4 Å². The molecule has 3 aromatic carbocycles. The van der Waals surface area contributed by atoms with E-state index in [4.69, 9.17) is 30.5 Å². The van der Waals surface area contributed by atoms with Crippen LogP contribution in [0.3, 0.4) is 0 Å². The smallest absolute Gasteiger partial charge is 0.363 e. The third kappa shape index (κ3) is 5.54. The van der Waals surface area contributed by atoms with Crippen molar-refractivity contribution < 1.29 is 23.7 Å². The number of esters is 1. The van der Waals surface area contributed by atoms with Crippen LogP contribution in [-0.2, 0) is 9.53 Å². The van der Waals surface area contributed by atoms with Crippen LogP contribution in [0.5, 0.6) is 17.2 Å². The number of aryl methyl sites for hydroxylation is 1. The Kier molecular flexibility index (Phi) is 6.95. The summed E-state index contributed by atoms with van der Waals surface area (Å²) in [6.07, 6.45) is 1.59. The van der Waals surface area contributed by atoms with Crippen molar-refractivity contribution in [2.75, 3.05) is 20.3 Å². The van der Waals surface area contributed by atoms with Gasteiger partial charge in [-0.25, -0.2) is 9.79 Å². The van der Waals surface area contributed by atoms with Crippen molar-refractivity contribution in [2.24, 2.45) is 4.99 Å². The highest BCUT2D eigenvalue weighted by Gasteiger charge is 2.24. The molecule has 0 bridgehead atoms. The van der Waals surface area contributed by atoms with Crippen molar-refractivity contribution in [1.82, 2.24) is 0 Å². The van der Waals surface area contributed by atoms with E-state index in [1.54, 1.807) is 18.2 Å². The molecular weight excluding hydrogens is 442 g/mol. The molecule has 1 aliphatic heterocycles. The number of carbonyl (C=O) groups excluding carboxylic acids is 1. The number of carbonyl (C=O) groups is 1. The number of cyclic esters (lactones) is 1. The largest absolute Gasteiger partial charge is 0.493 e. The second kappa shape index (κ2) is 10.2. The van der Waals surface area contributed by atoms with E-state index in [0.29, 0.717) is 28.7 Å². The van der Waals surface area contributed by atoms with Gasteiger partial charge in [-0.3, -0.25) is 0 Å². The summed E-state index contributed by atoms with van der Waals surface area (Å²) in [5, 5.41) is 0.343. The Labute approximate surface area is 197 Å². The average Bonchev–Trinajstić information content (AvgIpc) is 3.19. The molecule has 0 amide bonds. The lowest BCUT2D eigenvalue weighted by molar-refractivity contribution is -0.129. The summed E-state index contributed by atoms with van der Waals surface area (Å²) >= 11 is 6.45. The van der Waals surface area contributed by atoms with Gasteiger partial charge in [-0.1, -0.05) is 47.5 Å². The molecule has 0 saturated carbocycles. The maximum Gasteiger partial charge on any atom is 0.363 e. The predicted molar refractivity (Wildman–Crippen MR) is 127 cm³/mol. The van der Waals surface area contributed by atoms with E-state index >= 15 is 0 Å². The molecule has 7 heteroatoms. The van der Waals surface area contributed by atoms with E-state index in [1.807, 2.05) is 61.5 Å². The van der Waals surface area contributed by atoms with Crippen molar-refractivity contribution in [3.8, 4) is 17.2 Å². The average molecular weight is 464 g/mol. The fraction of sp³-hybridized carbons (Fsp3) is 0.154. The molecule has 6 nitrogen and oxygen atoms in total. The molecule has 0 fully saturated rings. The van der Waals surface area contributed by atoms with Crippen molar-refractivity contribution in [3.05, 3.63) is 94.1 Å². The highest BCUT2D eigenvalue weighted by Crippen LogP contribution is 2.37. The molecule has 33 heavy (non-hydrogen) atoms. The molecule has 0 saturated heterocycles. The second-order valence-electron chi connectivity index (χ2n) is 7.25. The number of ether oxygens (including phenoxy) is 4. The van der Waals surface area contributed by atoms with Gasteiger partial charge in [0.1, 0.15) is 19.0 Å². The van der Waals surface area contributed by atoms with Crippen LogP contribution in [0.2, 0.25) is 5.02 Å². The minimum atomic E-state index is -0.530. The molecule has 0 aromatic heterocycles. The molecule has 0 unspecified atom stereocenters. The number of methoxy groups -OCH3 is 1. The zero-order valence-electron chi connectivity index (χ0n) is 18.2. The van der Waals surface area contributed by atoms with Crippen molar-refractivity contribution in [1.29, 1.82) is 0 Å². The molecule has 168 valence electrons. The van der Waals surface area contributed by atoms with Gasteiger partial charge in [0.25, 0.3) is 0 Å². The van der Waals surface area contributed by atoms with Crippen LogP contribution in [0.1, 0.15) is 16.7 Å². The second-order valence-corrected chi connectivity index (χ2v) is 7.65. The Hall–Kier alpha value is -3.77. The Balaban J connectivity index is 1.46. The van der Waals surface area contributed by atoms with Crippen molar-refractivity contribution >= 4 is 29.5 Å². The van der Waals surface area contributed by atoms with Gasteiger partial charge < -0.3 is 18.9 Å². The Morgan fingerprint density at radius 3 is 2.45 bits per heavy atom. The Morgan fingerprint density at radius 2 is 1.73 bits per heavy atom. The Bertz CT molecular complexity index is 1200. The fourth-order valence-electron chi connectivity index (χ4n) is 3.17. The van der Waals surface area contributed by atoms with Gasteiger partial charge >= 0.3 is 5.97 Å². The van der Waals surface area contributed by atoms with Gasteiger partial charge in [0.2, 0.25) is 5.90 Å². The zero-order chi connectivity index (χ0) is 23.2. The summed E-state index contributed by atoms with van der Waals surface area (Å²) in [4.78, 5) is 16.6. The molecule has 3 aromatic rings. The van der Waals surface area contributed by atoms with Gasteiger partial charge in [-0.15, -0.1) is 0 Å². The molecule has 0 spiro atoms. The lowest BCUT2D eigenvalue weighted by atomic mass is 10.1. The first-order valence-electron chi connectivity index (χ1n) is 10.3. The topological polar surface area (TPSA) is 66.4 Å². The van der Waals surface area contributed by atoms with Crippen LogP contribution in [0, 0.1) is 6.92 Å². The van der Waals surface area contributed by atoms with E-state index in [0.717, 1.165) is 16.9 Å². The van der Waals surface area contributed by atoms with E-state index < -0.39 is 5.97 Å². The molecule has 0 atom stereocenters. The fourth-order valence-corrected chi connectivity index (χ4v) is 3.45. The summed E-state index contributed by atoms with van der Waals surface area (Å²) in [6.45, 7) is 2.64. The molecular formula is C26H22ClNO5. The minimum Gasteiger partial charge on any atom is -0.493 e. The summed E-state index contributed by atoms with van der Waals surface area (Å²) < 4.78 is 22.2. The van der Waals surface area contributed by atoms with Crippen LogP contribution >= 0.6 is 11.6 Å². The highest BCUT2D eigenvalue weighted by molar-refractivity contribution is 6.32. The zero-order valence-corrected chi connectivity index (χ0v) is 19.0. The first-order chi connectivity index (χ1) is 16.0. The SMILES string of the molecule is COc1cc(/C=C2/N=C(c3ccccc3)OC2=O)cc(Cl)c1OCCOc1ccc(C)cc1. The number of benzene rings is 3. The number of rotatable bonds is 8. The molecule has 0 radical (unpaired) electrons. The standard InChI is InChI=1S/C26H22ClNO5/c1-17-8-10-20(11-9-17)31-12-13-32-24-21(27)14-18(16-23(24)30-2)15-22-26(29)33-25(28-22)19-6-4-3-5-7-19/h3-11,14-16H,12-13H2,1-2H3/b22-15+. The van der Waals surface area contributed by atoms with Gasteiger partial charge in [0.15, 0.2) is 17.2 Å². The first-order valence-corrected chi connectivity index (χ1v) is 10.7. The summed E-state index contributed by atoms with van der Waals surface area (Å²) in [5.41, 5.74) is 2.69. The Morgan fingerprint density at radius 1 is 1.00 bits per heavy atom. The lowest BCUT2D eigenvalue weighted by Gasteiger charge is -2.14. The van der Waals surface area contributed by atoms with E-state index in [1.165, 1.54) is 7.11 Å². The molecule has 1 aliphatic rings. The lowest BCUT2D eigenvalue weighted by Crippen LogP contribution is -2.10. The third-order valence-electron chi connectivity index (χ3n) is 4.82. The maximum atomic E-state index is 12.3. The predicted octanol–water partition coefficient (Wildman–Crippen LogP) is 5.46. The number of aliphatic imine (C=N–C) groups is 1. The van der Waals surface area contributed by atoms with Gasteiger partial charge in [0, 0.05) is 5.56 Å². The van der Waals surface area contributed by atoms with E-state index in [2.05, 4.69) is 4.99 Å².